The van der Waals surface area contributed by atoms with Gasteiger partial charge in [0.25, 0.3) is 5.69 Å². The number of anilines is 1. The molecule has 1 aliphatic heterocycles. The third-order valence-electron chi connectivity index (χ3n) is 4.29. The van der Waals surface area contributed by atoms with Gasteiger partial charge >= 0.3 is 0 Å². The van der Waals surface area contributed by atoms with Crippen LogP contribution in [0.15, 0.2) is 58.7 Å². The number of hydrogen-bond donors (Lipinski definition) is 2. The van der Waals surface area contributed by atoms with Gasteiger partial charge in [-0.3, -0.25) is 19.7 Å². The molecule has 0 radical (unpaired) electrons. The number of rotatable bonds is 7. The Labute approximate surface area is 181 Å². The van der Waals surface area contributed by atoms with E-state index in [4.69, 9.17) is 4.74 Å². The number of nitrogens with one attached hydrogen (secondary N) is 2. The number of nitro benzene ring substituents is 1. The summed E-state index contributed by atoms with van der Waals surface area (Å²) in [6, 6.07) is 12.9. The molecule has 2 N–H and O–H groups in total. The van der Waals surface area contributed by atoms with Gasteiger partial charge in [-0.2, -0.15) is 5.10 Å². The van der Waals surface area contributed by atoms with Crippen LogP contribution in [0.4, 0.5) is 11.4 Å². The van der Waals surface area contributed by atoms with Crippen LogP contribution < -0.4 is 15.4 Å². The molecule has 1 aliphatic rings. The van der Waals surface area contributed by atoms with E-state index < -0.39 is 16.1 Å². The standard InChI is InChI=1S/C20H19N5O5S/c1-12(13-6-8-16(30-2)9-7-13)23-24-20-22-19(27)17(31-20)11-18(26)21-14-4-3-5-15(10-14)25(28)29/h3-10,17H,11H2,1-2H3,(H,21,26)(H,22,24,27)/b23-12+. The summed E-state index contributed by atoms with van der Waals surface area (Å²) in [4.78, 5) is 34.7. The topological polar surface area (TPSA) is 135 Å². The summed E-state index contributed by atoms with van der Waals surface area (Å²) in [5.74, 6) is -0.0599. The molecular weight excluding hydrogens is 422 g/mol. The number of amides is 2. The van der Waals surface area contributed by atoms with Crippen LogP contribution in [0.5, 0.6) is 5.75 Å². The Hall–Kier alpha value is -3.73. The predicted octanol–water partition coefficient (Wildman–Crippen LogP) is 2.94. The zero-order valence-electron chi connectivity index (χ0n) is 16.7. The maximum atomic E-state index is 12.3. The number of methoxy groups -OCH3 is 1. The Morgan fingerprint density at radius 2 is 2.03 bits per heavy atom. The number of benzene rings is 2. The van der Waals surface area contributed by atoms with Gasteiger partial charge < -0.3 is 15.4 Å². The Balaban J connectivity index is 1.59. The Bertz CT molecular complexity index is 1070. The highest BCUT2D eigenvalue weighted by Gasteiger charge is 2.32. The van der Waals surface area contributed by atoms with E-state index in [-0.39, 0.29) is 23.7 Å². The molecule has 1 saturated heterocycles. The number of nitrogens with zero attached hydrogens (tertiary/aromatic N) is 3. The number of carbonyl (C=O) groups is 2. The SMILES string of the molecule is COc1ccc(/C(C)=N/N=C2/NC(=O)C(CC(=O)Nc3cccc([N+](=O)[O-])c3)S2)cc1. The number of carbonyl (C=O) groups excluding carboxylic acids is 2. The van der Waals surface area contributed by atoms with Gasteiger partial charge in [0.1, 0.15) is 11.0 Å². The van der Waals surface area contributed by atoms with E-state index in [2.05, 4.69) is 20.8 Å². The lowest BCUT2D eigenvalue weighted by Gasteiger charge is -2.07. The van der Waals surface area contributed by atoms with Crippen molar-refractivity contribution in [2.75, 3.05) is 12.4 Å². The van der Waals surface area contributed by atoms with Crippen molar-refractivity contribution in [3.8, 4) is 5.75 Å². The third-order valence-corrected chi connectivity index (χ3v) is 5.36. The maximum absolute atomic E-state index is 12.3. The molecule has 10 nitrogen and oxygen atoms in total. The van der Waals surface area contributed by atoms with Crippen molar-refractivity contribution in [1.82, 2.24) is 5.32 Å². The quantitative estimate of drug-likeness (QED) is 0.385. The van der Waals surface area contributed by atoms with E-state index in [1.807, 2.05) is 24.3 Å². The van der Waals surface area contributed by atoms with Gasteiger partial charge in [0.05, 0.1) is 17.7 Å². The first kappa shape index (κ1) is 22.0. The first-order chi connectivity index (χ1) is 14.9. The Kier molecular flexibility index (Phi) is 6.98. The minimum absolute atomic E-state index is 0.112. The van der Waals surface area contributed by atoms with E-state index in [9.17, 15) is 19.7 Å². The van der Waals surface area contributed by atoms with Crippen molar-refractivity contribution in [1.29, 1.82) is 0 Å². The molecule has 0 saturated carbocycles. The van der Waals surface area contributed by atoms with Crippen molar-refractivity contribution in [2.45, 2.75) is 18.6 Å². The highest BCUT2D eigenvalue weighted by atomic mass is 32.2. The summed E-state index contributed by atoms with van der Waals surface area (Å²) in [6.45, 7) is 1.79. The Morgan fingerprint density at radius 1 is 1.29 bits per heavy atom. The second kappa shape index (κ2) is 9.85. The van der Waals surface area contributed by atoms with Crippen molar-refractivity contribution >= 4 is 45.8 Å². The summed E-state index contributed by atoms with van der Waals surface area (Å²) < 4.78 is 5.12. The first-order valence-corrected chi connectivity index (χ1v) is 10.0. The fourth-order valence-corrected chi connectivity index (χ4v) is 3.59. The molecule has 1 atom stereocenters. The Morgan fingerprint density at radius 3 is 2.71 bits per heavy atom. The molecule has 2 aromatic carbocycles. The van der Waals surface area contributed by atoms with Gasteiger partial charge in [-0.25, -0.2) is 0 Å². The molecule has 0 aliphatic carbocycles. The van der Waals surface area contributed by atoms with Crippen LogP contribution in [0, 0.1) is 10.1 Å². The van der Waals surface area contributed by atoms with Gasteiger partial charge in [-0.1, -0.05) is 17.8 Å². The zero-order valence-corrected chi connectivity index (χ0v) is 17.5. The van der Waals surface area contributed by atoms with Crippen molar-refractivity contribution in [3.05, 3.63) is 64.2 Å². The van der Waals surface area contributed by atoms with Crippen LogP contribution in [-0.2, 0) is 9.59 Å². The molecular formula is C20H19N5O5S. The monoisotopic (exact) mass is 441 g/mol. The van der Waals surface area contributed by atoms with Crippen LogP contribution in [0.2, 0.25) is 0 Å². The average molecular weight is 441 g/mol. The van der Waals surface area contributed by atoms with E-state index in [1.165, 1.54) is 24.3 Å². The molecule has 2 amide bonds. The smallest absolute Gasteiger partial charge is 0.271 e. The highest BCUT2D eigenvalue weighted by molar-refractivity contribution is 8.15. The van der Waals surface area contributed by atoms with Gasteiger partial charge in [0.2, 0.25) is 11.8 Å². The molecule has 0 aromatic heterocycles. The molecule has 11 heteroatoms. The molecule has 1 unspecified atom stereocenters. The van der Waals surface area contributed by atoms with Crippen LogP contribution in [-0.4, -0.2) is 40.0 Å². The number of non-ortho nitro benzene ring substituents is 1. The van der Waals surface area contributed by atoms with Gasteiger partial charge in [-0.15, -0.1) is 5.10 Å². The third kappa shape index (κ3) is 5.89. The minimum Gasteiger partial charge on any atom is -0.497 e. The van der Waals surface area contributed by atoms with Crippen LogP contribution in [0.3, 0.4) is 0 Å². The second-order valence-electron chi connectivity index (χ2n) is 6.47. The summed E-state index contributed by atoms with van der Waals surface area (Å²) in [6.07, 6.45) is -0.112. The van der Waals surface area contributed by atoms with Gasteiger partial charge in [0, 0.05) is 24.2 Å². The fraction of sp³-hybridized carbons (Fsp3) is 0.200. The van der Waals surface area contributed by atoms with E-state index in [0.29, 0.717) is 10.9 Å². The van der Waals surface area contributed by atoms with E-state index in [1.54, 1.807) is 14.0 Å². The summed E-state index contributed by atoms with van der Waals surface area (Å²) in [5, 5.41) is 23.8. The van der Waals surface area contributed by atoms with Gasteiger partial charge in [0.15, 0.2) is 5.17 Å². The van der Waals surface area contributed by atoms with Crippen LogP contribution in [0.25, 0.3) is 0 Å². The number of hydrogen-bond acceptors (Lipinski definition) is 8. The molecule has 31 heavy (non-hydrogen) atoms. The van der Waals surface area contributed by atoms with Gasteiger partial charge in [-0.05, 0) is 42.8 Å². The van der Waals surface area contributed by atoms with Crippen molar-refractivity contribution < 1.29 is 19.2 Å². The molecule has 1 fully saturated rings. The van der Waals surface area contributed by atoms with Crippen molar-refractivity contribution in [2.24, 2.45) is 10.2 Å². The number of nitro groups is 1. The molecule has 2 aromatic rings. The van der Waals surface area contributed by atoms with E-state index >= 15 is 0 Å². The summed E-state index contributed by atoms with van der Waals surface area (Å²) >= 11 is 1.10. The lowest BCUT2D eigenvalue weighted by molar-refractivity contribution is -0.384. The average Bonchev–Trinajstić information content (AvgIpc) is 3.11. The molecule has 1 heterocycles. The predicted molar refractivity (Wildman–Crippen MR) is 119 cm³/mol. The highest BCUT2D eigenvalue weighted by Crippen LogP contribution is 2.24. The zero-order chi connectivity index (χ0) is 22.4. The number of ether oxygens (including phenoxy) is 1. The van der Waals surface area contributed by atoms with E-state index in [0.717, 1.165) is 23.1 Å². The maximum Gasteiger partial charge on any atom is 0.271 e. The molecule has 3 rings (SSSR count). The lowest BCUT2D eigenvalue weighted by atomic mass is 10.1. The summed E-state index contributed by atoms with van der Waals surface area (Å²) in [5.41, 5.74) is 1.66. The second-order valence-corrected chi connectivity index (χ2v) is 7.67. The first-order valence-electron chi connectivity index (χ1n) is 9.14. The fourth-order valence-electron chi connectivity index (χ4n) is 2.67. The molecule has 0 bridgehead atoms. The largest absolute Gasteiger partial charge is 0.497 e. The molecule has 0 spiro atoms. The number of amidine groups is 1. The van der Waals surface area contributed by atoms with Crippen molar-refractivity contribution in [3.63, 3.8) is 0 Å². The lowest BCUT2D eigenvalue weighted by Crippen LogP contribution is -2.28. The van der Waals surface area contributed by atoms with Crippen LogP contribution in [0.1, 0.15) is 18.9 Å². The minimum atomic E-state index is -0.672. The molecule has 160 valence electrons. The van der Waals surface area contributed by atoms with Crippen LogP contribution >= 0.6 is 11.8 Å². The number of thioether (sulfide) groups is 1. The normalized spacial score (nSPS) is 17.4. The summed E-state index contributed by atoms with van der Waals surface area (Å²) in [7, 11) is 1.59.